The molecule has 0 fully saturated rings. The highest BCUT2D eigenvalue weighted by Crippen LogP contribution is 2.29. The second-order valence-electron chi connectivity index (χ2n) is 5.85. The van der Waals surface area contributed by atoms with E-state index in [2.05, 4.69) is 0 Å². The van der Waals surface area contributed by atoms with Crippen molar-refractivity contribution in [3.05, 3.63) is 35.4 Å². The molecule has 2 rings (SSSR count). The van der Waals surface area contributed by atoms with Crippen molar-refractivity contribution < 1.29 is 24.2 Å². The number of carboxylic acids is 1. The molecule has 0 bridgehead atoms. The monoisotopic (exact) mass is 305 g/mol. The van der Waals surface area contributed by atoms with Gasteiger partial charge in [-0.3, -0.25) is 19.3 Å². The average molecular weight is 305 g/mol. The van der Waals surface area contributed by atoms with Gasteiger partial charge in [0.05, 0.1) is 23.3 Å². The van der Waals surface area contributed by atoms with Crippen molar-refractivity contribution in [3.63, 3.8) is 0 Å². The first-order chi connectivity index (χ1) is 10.3. The van der Waals surface area contributed by atoms with Crippen molar-refractivity contribution in [1.82, 2.24) is 4.90 Å². The number of imide groups is 1. The third kappa shape index (κ3) is 3.17. The summed E-state index contributed by atoms with van der Waals surface area (Å²) in [5, 5.41) is 8.56. The normalized spacial score (nSPS) is 14.4. The van der Waals surface area contributed by atoms with Crippen LogP contribution in [0.1, 0.15) is 47.4 Å². The first kappa shape index (κ1) is 16.2. The molecule has 1 aliphatic rings. The Hall–Kier alpha value is -2.21. The fraction of sp³-hybridized carbons (Fsp3) is 0.438. The lowest BCUT2D eigenvalue weighted by molar-refractivity contribution is -0.137. The molecule has 6 heteroatoms. The Morgan fingerprint density at radius 3 is 2.23 bits per heavy atom. The number of hydrogen-bond acceptors (Lipinski definition) is 4. The van der Waals surface area contributed by atoms with Crippen LogP contribution in [-0.4, -0.2) is 46.5 Å². The zero-order chi connectivity index (χ0) is 16.3. The number of nitrogens with zero attached hydrogens (tertiary/aromatic N) is 1. The Bertz CT molecular complexity index is 573. The topological polar surface area (TPSA) is 83.9 Å². The highest BCUT2D eigenvalue weighted by atomic mass is 16.5. The third-order valence-electron chi connectivity index (χ3n) is 3.53. The summed E-state index contributed by atoms with van der Waals surface area (Å²) >= 11 is 0. The van der Waals surface area contributed by atoms with Crippen LogP contribution in [0.25, 0.3) is 0 Å². The lowest BCUT2D eigenvalue weighted by Crippen LogP contribution is -2.50. The van der Waals surface area contributed by atoms with Gasteiger partial charge in [0.25, 0.3) is 11.8 Å². The highest BCUT2D eigenvalue weighted by molar-refractivity contribution is 6.21. The lowest BCUT2D eigenvalue weighted by atomic mass is 10.0. The molecule has 0 unspecified atom stereocenters. The second kappa shape index (κ2) is 6.27. The van der Waals surface area contributed by atoms with E-state index in [0.717, 1.165) is 0 Å². The van der Waals surface area contributed by atoms with Crippen LogP contribution < -0.4 is 0 Å². The number of fused-ring (bicyclic) bond motifs is 1. The van der Waals surface area contributed by atoms with Crippen LogP contribution in [0.4, 0.5) is 0 Å². The molecule has 0 saturated heterocycles. The molecule has 1 aliphatic heterocycles. The maximum Gasteiger partial charge on any atom is 0.303 e. The minimum Gasteiger partial charge on any atom is -0.481 e. The Labute approximate surface area is 128 Å². The maximum absolute atomic E-state index is 12.4. The molecule has 1 aromatic rings. The predicted octanol–water partition coefficient (Wildman–Crippen LogP) is 1.94. The molecule has 118 valence electrons. The van der Waals surface area contributed by atoms with E-state index < -0.39 is 11.5 Å². The number of hydrogen-bond donors (Lipinski definition) is 1. The van der Waals surface area contributed by atoms with E-state index in [4.69, 9.17) is 9.84 Å². The van der Waals surface area contributed by atoms with Crippen molar-refractivity contribution in [3.8, 4) is 0 Å². The van der Waals surface area contributed by atoms with E-state index in [1.807, 2.05) is 0 Å². The van der Waals surface area contributed by atoms with Crippen molar-refractivity contribution >= 4 is 17.8 Å². The molecule has 0 saturated carbocycles. The third-order valence-corrected chi connectivity index (χ3v) is 3.53. The number of rotatable bonds is 7. The van der Waals surface area contributed by atoms with Gasteiger partial charge in [0.1, 0.15) is 0 Å². The van der Waals surface area contributed by atoms with Crippen LogP contribution in [0.15, 0.2) is 24.3 Å². The van der Waals surface area contributed by atoms with Gasteiger partial charge in [0.15, 0.2) is 0 Å². The number of carbonyl (C=O) groups excluding carboxylic acids is 2. The fourth-order valence-corrected chi connectivity index (χ4v) is 2.45. The summed E-state index contributed by atoms with van der Waals surface area (Å²) in [6, 6.07) is 6.73. The van der Waals surface area contributed by atoms with Crippen molar-refractivity contribution in [2.24, 2.45) is 0 Å². The van der Waals surface area contributed by atoms with Gasteiger partial charge in [-0.25, -0.2) is 0 Å². The van der Waals surface area contributed by atoms with Gasteiger partial charge in [-0.05, 0) is 32.4 Å². The molecule has 2 amide bonds. The molecule has 0 radical (unpaired) electrons. The SMILES string of the molecule is CC(C)(COCCCC(=O)O)N1C(=O)c2ccccc2C1=O. The molecular weight excluding hydrogens is 286 g/mol. The number of carbonyl (C=O) groups is 3. The minimum absolute atomic E-state index is 0.0352. The molecule has 0 aromatic heterocycles. The Kier molecular flexibility index (Phi) is 4.61. The fourth-order valence-electron chi connectivity index (χ4n) is 2.45. The molecule has 0 spiro atoms. The second-order valence-corrected chi connectivity index (χ2v) is 5.85. The number of ether oxygens (including phenoxy) is 1. The molecule has 1 aromatic carbocycles. The van der Waals surface area contributed by atoms with E-state index in [-0.39, 0.29) is 31.4 Å². The molecular formula is C16H19NO5. The standard InChI is InChI=1S/C16H19NO5/c1-16(2,10-22-9-5-8-13(18)19)17-14(20)11-6-3-4-7-12(11)15(17)21/h3-4,6-7H,5,8-10H2,1-2H3,(H,18,19). The summed E-state index contributed by atoms with van der Waals surface area (Å²) in [4.78, 5) is 36.5. The van der Waals surface area contributed by atoms with Gasteiger partial charge >= 0.3 is 5.97 Å². The van der Waals surface area contributed by atoms with E-state index in [1.165, 1.54) is 4.90 Å². The predicted molar refractivity (Wildman–Crippen MR) is 78.7 cm³/mol. The van der Waals surface area contributed by atoms with Crippen LogP contribution in [-0.2, 0) is 9.53 Å². The Morgan fingerprint density at radius 2 is 1.73 bits per heavy atom. The summed E-state index contributed by atoms with van der Waals surface area (Å²) in [5.74, 6) is -1.51. The maximum atomic E-state index is 12.4. The number of carboxylic acid groups (broad SMARTS) is 1. The molecule has 6 nitrogen and oxygen atoms in total. The molecule has 0 aliphatic carbocycles. The number of amides is 2. The average Bonchev–Trinajstić information content (AvgIpc) is 2.71. The van der Waals surface area contributed by atoms with E-state index >= 15 is 0 Å². The first-order valence-corrected chi connectivity index (χ1v) is 7.12. The van der Waals surface area contributed by atoms with E-state index in [9.17, 15) is 14.4 Å². The number of aliphatic carboxylic acids is 1. The Morgan fingerprint density at radius 1 is 1.18 bits per heavy atom. The summed E-state index contributed by atoms with van der Waals surface area (Å²) in [5.41, 5.74) is 0.0223. The first-order valence-electron chi connectivity index (χ1n) is 7.12. The van der Waals surface area contributed by atoms with Crippen molar-refractivity contribution in [2.75, 3.05) is 13.2 Å². The summed E-state index contributed by atoms with van der Waals surface area (Å²) in [6.45, 7) is 3.95. The quantitative estimate of drug-likeness (QED) is 0.615. The summed E-state index contributed by atoms with van der Waals surface area (Å²) < 4.78 is 5.45. The zero-order valence-corrected chi connectivity index (χ0v) is 12.7. The van der Waals surface area contributed by atoms with Crippen LogP contribution in [0.3, 0.4) is 0 Å². The van der Waals surface area contributed by atoms with E-state index in [1.54, 1.807) is 38.1 Å². The smallest absolute Gasteiger partial charge is 0.303 e. The van der Waals surface area contributed by atoms with Gasteiger partial charge in [-0.1, -0.05) is 12.1 Å². The van der Waals surface area contributed by atoms with Gasteiger partial charge in [0, 0.05) is 13.0 Å². The van der Waals surface area contributed by atoms with Crippen LogP contribution in [0.2, 0.25) is 0 Å². The molecule has 22 heavy (non-hydrogen) atoms. The minimum atomic E-state index is -0.872. The van der Waals surface area contributed by atoms with Crippen LogP contribution in [0.5, 0.6) is 0 Å². The molecule has 0 atom stereocenters. The van der Waals surface area contributed by atoms with Crippen LogP contribution >= 0.6 is 0 Å². The van der Waals surface area contributed by atoms with Gasteiger partial charge in [-0.15, -0.1) is 0 Å². The van der Waals surface area contributed by atoms with E-state index in [0.29, 0.717) is 17.5 Å². The number of benzene rings is 1. The molecule has 1 N–H and O–H groups in total. The van der Waals surface area contributed by atoms with Gasteiger partial charge in [0.2, 0.25) is 0 Å². The van der Waals surface area contributed by atoms with Gasteiger partial charge in [-0.2, -0.15) is 0 Å². The highest BCUT2D eigenvalue weighted by Gasteiger charge is 2.43. The van der Waals surface area contributed by atoms with Crippen molar-refractivity contribution in [1.29, 1.82) is 0 Å². The largest absolute Gasteiger partial charge is 0.481 e. The summed E-state index contributed by atoms with van der Waals surface area (Å²) in [6.07, 6.45) is 0.432. The van der Waals surface area contributed by atoms with Crippen LogP contribution in [0, 0.1) is 0 Å². The van der Waals surface area contributed by atoms with Crippen molar-refractivity contribution in [2.45, 2.75) is 32.2 Å². The zero-order valence-electron chi connectivity index (χ0n) is 12.7. The Balaban J connectivity index is 2.00. The lowest BCUT2D eigenvalue weighted by Gasteiger charge is -2.33. The summed E-state index contributed by atoms with van der Waals surface area (Å²) in [7, 11) is 0. The molecule has 1 heterocycles. The van der Waals surface area contributed by atoms with Gasteiger partial charge < -0.3 is 9.84 Å².